The molecule has 0 saturated heterocycles. The molecular weight excluding hydrogens is 252 g/mol. The summed E-state index contributed by atoms with van der Waals surface area (Å²) in [4.78, 5) is 12.3. The maximum Gasteiger partial charge on any atom is 0.253 e. The van der Waals surface area contributed by atoms with Crippen LogP contribution in [0.4, 0.5) is 5.69 Å². The molecule has 1 aromatic carbocycles. The molecule has 1 rings (SSSR count). The van der Waals surface area contributed by atoms with Gasteiger partial charge in [0.1, 0.15) is 0 Å². The first kappa shape index (κ1) is 16.5. The zero-order chi connectivity index (χ0) is 15.0. The molecule has 1 amide bonds. The lowest BCUT2D eigenvalue weighted by atomic mass is 9.88. The largest absolute Gasteiger partial charge is 0.396 e. The first-order valence-corrected chi connectivity index (χ1v) is 7.22. The predicted octanol–water partition coefficient (Wildman–Crippen LogP) is 2.65. The number of benzene rings is 1. The van der Waals surface area contributed by atoms with Crippen molar-refractivity contribution in [3.05, 3.63) is 29.8 Å². The number of carbonyl (C=O) groups excluding carboxylic acids is 1. The lowest BCUT2D eigenvalue weighted by molar-refractivity contribution is 0.0933. The van der Waals surface area contributed by atoms with E-state index in [1.807, 2.05) is 31.2 Å². The summed E-state index contributed by atoms with van der Waals surface area (Å²) in [6.07, 6.45) is 1.65. The first-order valence-electron chi connectivity index (χ1n) is 7.22. The van der Waals surface area contributed by atoms with Gasteiger partial charge in [-0.25, -0.2) is 0 Å². The third kappa shape index (κ3) is 5.21. The lowest BCUT2D eigenvalue weighted by Crippen LogP contribution is -2.34. The van der Waals surface area contributed by atoms with E-state index in [0.717, 1.165) is 25.1 Å². The Labute approximate surface area is 121 Å². The van der Waals surface area contributed by atoms with Crippen molar-refractivity contribution in [2.75, 3.05) is 25.0 Å². The van der Waals surface area contributed by atoms with Gasteiger partial charge in [0, 0.05) is 25.4 Å². The van der Waals surface area contributed by atoms with Crippen LogP contribution < -0.4 is 10.6 Å². The van der Waals surface area contributed by atoms with Gasteiger partial charge in [-0.05, 0) is 37.3 Å². The minimum absolute atomic E-state index is 0.00841. The molecule has 112 valence electrons. The summed E-state index contributed by atoms with van der Waals surface area (Å²) in [6, 6.07) is 7.52. The van der Waals surface area contributed by atoms with Crippen LogP contribution in [0.1, 0.15) is 44.0 Å². The minimum atomic E-state index is -0.0568. The summed E-state index contributed by atoms with van der Waals surface area (Å²) in [7, 11) is 0. The Morgan fingerprint density at radius 1 is 1.30 bits per heavy atom. The summed E-state index contributed by atoms with van der Waals surface area (Å²) in [6.45, 7) is 7.78. The summed E-state index contributed by atoms with van der Waals surface area (Å²) in [5, 5.41) is 15.1. The van der Waals surface area contributed by atoms with Gasteiger partial charge in [-0.3, -0.25) is 4.79 Å². The molecule has 0 unspecified atom stereocenters. The van der Waals surface area contributed by atoms with Crippen molar-refractivity contribution in [1.82, 2.24) is 5.32 Å². The van der Waals surface area contributed by atoms with Gasteiger partial charge < -0.3 is 15.7 Å². The molecule has 3 N–H and O–H groups in total. The van der Waals surface area contributed by atoms with E-state index in [2.05, 4.69) is 24.5 Å². The van der Waals surface area contributed by atoms with Crippen LogP contribution in [-0.4, -0.2) is 30.7 Å². The second kappa shape index (κ2) is 7.90. The quantitative estimate of drug-likeness (QED) is 0.685. The van der Waals surface area contributed by atoms with E-state index in [1.54, 1.807) is 0 Å². The fourth-order valence-electron chi connectivity index (χ4n) is 2.09. The van der Waals surface area contributed by atoms with E-state index in [1.165, 1.54) is 0 Å². The number of aliphatic hydroxyl groups excluding tert-OH is 1. The fraction of sp³-hybridized carbons (Fsp3) is 0.562. The van der Waals surface area contributed by atoms with E-state index in [4.69, 9.17) is 5.11 Å². The lowest BCUT2D eigenvalue weighted by Gasteiger charge is -2.25. The smallest absolute Gasteiger partial charge is 0.253 e. The van der Waals surface area contributed by atoms with E-state index >= 15 is 0 Å². The molecule has 0 aromatic heterocycles. The van der Waals surface area contributed by atoms with Gasteiger partial charge in [0.25, 0.3) is 5.91 Å². The molecule has 4 heteroatoms. The van der Waals surface area contributed by atoms with E-state index in [9.17, 15) is 4.79 Å². The van der Waals surface area contributed by atoms with Crippen LogP contribution in [0.5, 0.6) is 0 Å². The second-order valence-corrected chi connectivity index (χ2v) is 5.75. The number of hydrogen-bond donors (Lipinski definition) is 3. The molecular formula is C16H26N2O2. The van der Waals surface area contributed by atoms with Crippen LogP contribution >= 0.6 is 0 Å². The Morgan fingerprint density at radius 2 is 2.00 bits per heavy atom. The van der Waals surface area contributed by atoms with Crippen molar-refractivity contribution in [2.24, 2.45) is 5.41 Å². The SMILES string of the molecule is CCNc1ccccc1C(=O)NCC(C)(C)CCCO. The Balaban J connectivity index is 2.63. The highest BCUT2D eigenvalue weighted by Crippen LogP contribution is 2.21. The van der Waals surface area contributed by atoms with Gasteiger partial charge in [0.2, 0.25) is 0 Å². The highest BCUT2D eigenvalue weighted by atomic mass is 16.2. The van der Waals surface area contributed by atoms with Crippen LogP contribution in [0, 0.1) is 5.41 Å². The van der Waals surface area contributed by atoms with E-state index < -0.39 is 0 Å². The van der Waals surface area contributed by atoms with Gasteiger partial charge >= 0.3 is 0 Å². The molecule has 1 aromatic rings. The average Bonchev–Trinajstić information content (AvgIpc) is 2.44. The maximum atomic E-state index is 12.3. The Kier molecular flexibility index (Phi) is 6.52. The summed E-state index contributed by atoms with van der Waals surface area (Å²) in [5.41, 5.74) is 1.53. The number of aliphatic hydroxyl groups is 1. The molecule has 0 aliphatic heterocycles. The molecule has 0 atom stereocenters. The fourth-order valence-corrected chi connectivity index (χ4v) is 2.09. The van der Waals surface area contributed by atoms with Crippen molar-refractivity contribution < 1.29 is 9.90 Å². The number of anilines is 1. The predicted molar refractivity (Wildman–Crippen MR) is 83.0 cm³/mol. The Hall–Kier alpha value is -1.55. The number of amides is 1. The molecule has 0 aliphatic rings. The van der Waals surface area contributed by atoms with Crippen LogP contribution in [0.2, 0.25) is 0 Å². The van der Waals surface area contributed by atoms with Crippen molar-refractivity contribution in [1.29, 1.82) is 0 Å². The number of rotatable bonds is 8. The van der Waals surface area contributed by atoms with Crippen LogP contribution in [0.3, 0.4) is 0 Å². The first-order chi connectivity index (χ1) is 9.50. The molecule has 0 bridgehead atoms. The second-order valence-electron chi connectivity index (χ2n) is 5.75. The van der Waals surface area contributed by atoms with Crippen LogP contribution in [0.15, 0.2) is 24.3 Å². The summed E-state index contributed by atoms with van der Waals surface area (Å²) < 4.78 is 0. The molecule has 0 fully saturated rings. The highest BCUT2D eigenvalue weighted by Gasteiger charge is 2.19. The standard InChI is InChI=1S/C16H26N2O2/c1-4-17-14-9-6-5-8-13(14)15(20)18-12-16(2,3)10-7-11-19/h5-6,8-9,17,19H,4,7,10-12H2,1-3H3,(H,18,20). The molecule has 0 radical (unpaired) electrons. The summed E-state index contributed by atoms with van der Waals surface area (Å²) >= 11 is 0. The van der Waals surface area contributed by atoms with E-state index in [0.29, 0.717) is 12.1 Å². The van der Waals surface area contributed by atoms with Gasteiger partial charge in [-0.1, -0.05) is 26.0 Å². The van der Waals surface area contributed by atoms with E-state index in [-0.39, 0.29) is 17.9 Å². The summed E-state index contributed by atoms with van der Waals surface area (Å²) in [5.74, 6) is -0.0568. The topological polar surface area (TPSA) is 61.4 Å². The Morgan fingerprint density at radius 3 is 2.65 bits per heavy atom. The van der Waals surface area contributed by atoms with Crippen molar-refractivity contribution in [3.8, 4) is 0 Å². The zero-order valence-corrected chi connectivity index (χ0v) is 12.7. The number of nitrogens with one attached hydrogen (secondary N) is 2. The molecule has 0 saturated carbocycles. The third-order valence-electron chi connectivity index (χ3n) is 3.28. The molecule has 0 aliphatic carbocycles. The molecule has 20 heavy (non-hydrogen) atoms. The van der Waals surface area contributed by atoms with Crippen molar-refractivity contribution in [3.63, 3.8) is 0 Å². The zero-order valence-electron chi connectivity index (χ0n) is 12.7. The van der Waals surface area contributed by atoms with Crippen molar-refractivity contribution in [2.45, 2.75) is 33.6 Å². The normalized spacial score (nSPS) is 11.2. The van der Waals surface area contributed by atoms with Crippen molar-refractivity contribution >= 4 is 11.6 Å². The number of hydrogen-bond acceptors (Lipinski definition) is 3. The van der Waals surface area contributed by atoms with Gasteiger partial charge in [-0.2, -0.15) is 0 Å². The average molecular weight is 278 g/mol. The van der Waals surface area contributed by atoms with Crippen LogP contribution in [-0.2, 0) is 0 Å². The van der Waals surface area contributed by atoms with Crippen LogP contribution in [0.25, 0.3) is 0 Å². The maximum absolute atomic E-state index is 12.3. The Bertz CT molecular complexity index is 430. The van der Waals surface area contributed by atoms with Gasteiger partial charge in [0.05, 0.1) is 5.56 Å². The van der Waals surface area contributed by atoms with Gasteiger partial charge in [-0.15, -0.1) is 0 Å². The number of carbonyl (C=O) groups is 1. The number of para-hydroxylation sites is 1. The third-order valence-corrected chi connectivity index (χ3v) is 3.28. The molecule has 4 nitrogen and oxygen atoms in total. The van der Waals surface area contributed by atoms with Gasteiger partial charge in [0.15, 0.2) is 0 Å². The minimum Gasteiger partial charge on any atom is -0.396 e. The molecule has 0 spiro atoms. The monoisotopic (exact) mass is 278 g/mol. The highest BCUT2D eigenvalue weighted by molar-refractivity contribution is 5.99. The molecule has 0 heterocycles.